The molecule has 0 saturated carbocycles. The third-order valence-electron chi connectivity index (χ3n) is 3.96. The molecule has 7 heteroatoms. The van der Waals surface area contributed by atoms with Gasteiger partial charge in [0.1, 0.15) is 12.4 Å². The third kappa shape index (κ3) is 3.88. The molecule has 0 unspecified atom stereocenters. The molecule has 0 bridgehead atoms. The first-order valence-corrected chi connectivity index (χ1v) is 7.91. The number of nitrogens with one attached hydrogen (secondary N) is 1. The smallest absolute Gasteiger partial charge is 0.255 e. The Hall–Kier alpha value is -3.22. The lowest BCUT2D eigenvalue weighted by molar-refractivity contribution is 0.102. The maximum atomic E-state index is 13.6. The Morgan fingerprint density at radius 3 is 2.73 bits per heavy atom. The number of aryl methyl sites for hydroxylation is 1. The highest BCUT2D eigenvalue weighted by Crippen LogP contribution is 2.20. The molecule has 0 aliphatic heterocycles. The number of carbonyl (C=O) groups is 1. The predicted molar refractivity (Wildman–Crippen MR) is 93.0 cm³/mol. The second-order valence-electron chi connectivity index (χ2n) is 5.79. The molecule has 0 saturated heterocycles. The Bertz CT molecular complexity index is 954. The van der Waals surface area contributed by atoms with Crippen molar-refractivity contribution in [3.63, 3.8) is 0 Å². The van der Waals surface area contributed by atoms with E-state index in [4.69, 9.17) is 4.74 Å². The zero-order valence-corrected chi connectivity index (χ0v) is 14.3. The number of halogens is 2. The predicted octanol–water partition coefficient (Wildman–Crippen LogP) is 3.84. The van der Waals surface area contributed by atoms with Crippen LogP contribution in [0.25, 0.3) is 0 Å². The molecule has 0 radical (unpaired) electrons. The van der Waals surface area contributed by atoms with E-state index in [-0.39, 0.29) is 18.3 Å². The quantitative estimate of drug-likeness (QED) is 0.755. The molecule has 3 rings (SSSR count). The molecule has 2 aromatic carbocycles. The van der Waals surface area contributed by atoms with E-state index < -0.39 is 11.6 Å². The molecular formula is C19H17F2N3O2. The number of hydrogen-bond donors (Lipinski definition) is 1. The van der Waals surface area contributed by atoms with Crippen LogP contribution in [0, 0.1) is 18.6 Å². The molecule has 0 atom stereocenters. The van der Waals surface area contributed by atoms with Gasteiger partial charge in [-0.1, -0.05) is 12.1 Å². The number of benzene rings is 2. The molecule has 1 heterocycles. The first-order chi connectivity index (χ1) is 12.4. The van der Waals surface area contributed by atoms with Crippen LogP contribution in [-0.4, -0.2) is 15.7 Å². The van der Waals surface area contributed by atoms with Crippen LogP contribution in [0.2, 0.25) is 0 Å². The van der Waals surface area contributed by atoms with Gasteiger partial charge in [0, 0.05) is 18.7 Å². The average Bonchev–Trinajstić information content (AvgIpc) is 2.93. The van der Waals surface area contributed by atoms with Crippen molar-refractivity contribution in [1.82, 2.24) is 9.78 Å². The molecule has 1 aromatic heterocycles. The summed E-state index contributed by atoms with van der Waals surface area (Å²) in [6, 6.07) is 9.91. The first-order valence-electron chi connectivity index (χ1n) is 7.91. The Morgan fingerprint density at radius 1 is 1.23 bits per heavy atom. The third-order valence-corrected chi connectivity index (χ3v) is 3.96. The summed E-state index contributed by atoms with van der Waals surface area (Å²) in [4.78, 5) is 12.4. The summed E-state index contributed by atoms with van der Waals surface area (Å²) in [5, 5.41) is 6.88. The summed E-state index contributed by atoms with van der Waals surface area (Å²) in [7, 11) is 1.79. The fraction of sp³-hybridized carbons (Fsp3) is 0.158. The zero-order valence-electron chi connectivity index (χ0n) is 14.3. The molecular weight excluding hydrogens is 340 g/mol. The van der Waals surface area contributed by atoms with E-state index in [1.165, 1.54) is 6.07 Å². The number of rotatable bonds is 5. The molecule has 134 valence electrons. The van der Waals surface area contributed by atoms with E-state index in [9.17, 15) is 13.6 Å². The molecule has 1 N–H and O–H groups in total. The fourth-order valence-electron chi connectivity index (χ4n) is 2.37. The van der Waals surface area contributed by atoms with Crippen LogP contribution < -0.4 is 10.1 Å². The normalized spacial score (nSPS) is 10.6. The standard InChI is InChI=1S/C19H17F2N3O2/c1-12-17(10-22-24(12)2)23-19(25)14-5-3-4-13(8-14)11-26-18-7-6-15(20)9-16(18)21/h3-10H,11H2,1-2H3,(H,23,25). The Morgan fingerprint density at radius 2 is 2.04 bits per heavy atom. The van der Waals surface area contributed by atoms with Crippen LogP contribution in [0.5, 0.6) is 5.75 Å². The molecule has 1 amide bonds. The zero-order chi connectivity index (χ0) is 18.7. The monoisotopic (exact) mass is 357 g/mol. The largest absolute Gasteiger partial charge is 0.486 e. The second-order valence-corrected chi connectivity index (χ2v) is 5.79. The van der Waals surface area contributed by atoms with Gasteiger partial charge in [0.2, 0.25) is 0 Å². The lowest BCUT2D eigenvalue weighted by Gasteiger charge is -2.09. The Balaban J connectivity index is 1.69. The maximum Gasteiger partial charge on any atom is 0.255 e. The molecule has 0 aliphatic rings. The summed E-state index contributed by atoms with van der Waals surface area (Å²) in [5.74, 6) is -1.77. The van der Waals surface area contributed by atoms with Crippen molar-refractivity contribution in [2.45, 2.75) is 13.5 Å². The first kappa shape index (κ1) is 17.6. The van der Waals surface area contributed by atoms with Crippen molar-refractivity contribution in [2.75, 3.05) is 5.32 Å². The van der Waals surface area contributed by atoms with Crippen LogP contribution in [0.4, 0.5) is 14.5 Å². The Labute approximate surface area is 149 Å². The van der Waals surface area contributed by atoms with E-state index in [0.29, 0.717) is 16.8 Å². The highest BCUT2D eigenvalue weighted by Gasteiger charge is 2.11. The number of amides is 1. The van der Waals surface area contributed by atoms with Gasteiger partial charge < -0.3 is 10.1 Å². The van der Waals surface area contributed by atoms with Crippen LogP contribution in [0.3, 0.4) is 0 Å². The molecule has 3 aromatic rings. The number of aromatic nitrogens is 2. The summed E-state index contributed by atoms with van der Waals surface area (Å²) in [6.07, 6.45) is 1.58. The molecule has 5 nitrogen and oxygen atoms in total. The molecule has 26 heavy (non-hydrogen) atoms. The van der Waals surface area contributed by atoms with Gasteiger partial charge in [-0.3, -0.25) is 9.48 Å². The number of ether oxygens (including phenoxy) is 1. The lowest BCUT2D eigenvalue weighted by Crippen LogP contribution is -2.13. The van der Waals surface area contributed by atoms with E-state index >= 15 is 0 Å². The van der Waals surface area contributed by atoms with E-state index in [1.807, 2.05) is 6.92 Å². The van der Waals surface area contributed by atoms with Crippen molar-refractivity contribution in [3.8, 4) is 5.75 Å². The van der Waals surface area contributed by atoms with Crippen LogP contribution in [0.15, 0.2) is 48.7 Å². The average molecular weight is 357 g/mol. The number of carbonyl (C=O) groups excluding carboxylic acids is 1. The van der Waals surface area contributed by atoms with Crippen molar-refractivity contribution in [2.24, 2.45) is 7.05 Å². The van der Waals surface area contributed by atoms with Crippen LogP contribution in [0.1, 0.15) is 21.6 Å². The SMILES string of the molecule is Cc1c(NC(=O)c2cccc(COc3ccc(F)cc3F)c2)cnn1C. The van der Waals surface area contributed by atoms with Crippen molar-refractivity contribution in [3.05, 3.63) is 77.1 Å². The summed E-state index contributed by atoms with van der Waals surface area (Å²) in [5.41, 5.74) is 2.59. The number of anilines is 1. The molecule has 0 spiro atoms. The van der Waals surface area contributed by atoms with E-state index in [0.717, 1.165) is 17.8 Å². The van der Waals surface area contributed by atoms with Crippen molar-refractivity contribution in [1.29, 1.82) is 0 Å². The van der Waals surface area contributed by atoms with Gasteiger partial charge in [-0.25, -0.2) is 8.78 Å². The van der Waals surface area contributed by atoms with Gasteiger partial charge in [0.15, 0.2) is 11.6 Å². The summed E-state index contributed by atoms with van der Waals surface area (Å²) < 4.78 is 33.6. The highest BCUT2D eigenvalue weighted by molar-refractivity contribution is 6.04. The van der Waals surface area contributed by atoms with Gasteiger partial charge in [-0.2, -0.15) is 5.10 Å². The van der Waals surface area contributed by atoms with E-state index in [1.54, 1.807) is 42.2 Å². The lowest BCUT2D eigenvalue weighted by atomic mass is 10.1. The Kier molecular flexibility index (Phi) is 4.97. The highest BCUT2D eigenvalue weighted by atomic mass is 19.1. The topological polar surface area (TPSA) is 56.1 Å². The van der Waals surface area contributed by atoms with Gasteiger partial charge in [0.25, 0.3) is 5.91 Å². The minimum Gasteiger partial charge on any atom is -0.486 e. The van der Waals surface area contributed by atoms with Crippen molar-refractivity contribution >= 4 is 11.6 Å². The fourth-order valence-corrected chi connectivity index (χ4v) is 2.37. The number of hydrogen-bond acceptors (Lipinski definition) is 3. The van der Waals surface area contributed by atoms with Gasteiger partial charge >= 0.3 is 0 Å². The maximum absolute atomic E-state index is 13.6. The molecule has 0 fully saturated rings. The second kappa shape index (κ2) is 7.35. The van der Waals surface area contributed by atoms with Crippen LogP contribution in [-0.2, 0) is 13.7 Å². The summed E-state index contributed by atoms with van der Waals surface area (Å²) in [6.45, 7) is 1.90. The summed E-state index contributed by atoms with van der Waals surface area (Å²) >= 11 is 0. The molecule has 0 aliphatic carbocycles. The minimum atomic E-state index is -0.772. The van der Waals surface area contributed by atoms with Gasteiger partial charge in [-0.05, 0) is 36.8 Å². The minimum absolute atomic E-state index is 0.0489. The van der Waals surface area contributed by atoms with E-state index in [2.05, 4.69) is 10.4 Å². The van der Waals surface area contributed by atoms with Gasteiger partial charge in [0.05, 0.1) is 17.6 Å². The van der Waals surface area contributed by atoms with Gasteiger partial charge in [-0.15, -0.1) is 0 Å². The van der Waals surface area contributed by atoms with Crippen LogP contribution >= 0.6 is 0 Å². The number of nitrogens with zero attached hydrogens (tertiary/aromatic N) is 2. The van der Waals surface area contributed by atoms with Crippen molar-refractivity contribution < 1.29 is 18.3 Å².